The standard InChI is InChI=1S/C25H19F7N6O3/c26-16-2-1-3-18(11-16)38(21(39)14-4-7-36(8-5-14)23(40)25(30,31)32)13-17-12-37-9-6-15(10-19(37)33-17)20-34-35-22(41-20)24(27,28)29/h1-3,6,9-12,14H,4-5,7-8,13H2. The Morgan fingerprint density at radius 3 is 2.39 bits per heavy atom. The number of pyridine rings is 1. The van der Waals surface area contributed by atoms with Gasteiger partial charge in [0.25, 0.3) is 0 Å². The molecule has 0 bridgehead atoms. The van der Waals surface area contributed by atoms with E-state index in [9.17, 15) is 40.3 Å². The number of fused-ring (bicyclic) bond motifs is 1. The molecule has 5 rings (SSSR count). The summed E-state index contributed by atoms with van der Waals surface area (Å²) in [4.78, 5) is 31.4. The zero-order chi connectivity index (χ0) is 29.5. The highest BCUT2D eigenvalue weighted by Crippen LogP contribution is 2.31. The van der Waals surface area contributed by atoms with Gasteiger partial charge < -0.3 is 18.6 Å². The minimum Gasteiger partial charge on any atom is -0.413 e. The zero-order valence-electron chi connectivity index (χ0n) is 20.8. The van der Waals surface area contributed by atoms with Crippen LogP contribution in [0.2, 0.25) is 0 Å². The fraction of sp³-hybridized carbons (Fsp3) is 0.320. The number of aromatic nitrogens is 4. The van der Waals surface area contributed by atoms with Crippen LogP contribution in [0.25, 0.3) is 17.1 Å². The summed E-state index contributed by atoms with van der Waals surface area (Å²) in [6.45, 7) is -0.691. The Hall–Kier alpha value is -4.50. The third-order valence-electron chi connectivity index (χ3n) is 6.50. The molecule has 41 heavy (non-hydrogen) atoms. The smallest absolute Gasteiger partial charge is 0.413 e. The number of likely N-dealkylation sites (tertiary alicyclic amines) is 1. The van der Waals surface area contributed by atoms with Gasteiger partial charge in [-0.1, -0.05) is 6.07 Å². The van der Waals surface area contributed by atoms with Crippen LogP contribution in [0.3, 0.4) is 0 Å². The lowest BCUT2D eigenvalue weighted by atomic mass is 9.94. The summed E-state index contributed by atoms with van der Waals surface area (Å²) in [5.74, 6) is -5.70. The molecule has 1 fully saturated rings. The van der Waals surface area contributed by atoms with E-state index >= 15 is 0 Å². The predicted molar refractivity (Wildman–Crippen MR) is 126 cm³/mol. The Kier molecular flexibility index (Phi) is 7.17. The van der Waals surface area contributed by atoms with Gasteiger partial charge in [-0.2, -0.15) is 26.3 Å². The Morgan fingerprint density at radius 1 is 1.02 bits per heavy atom. The highest BCUT2D eigenvalue weighted by atomic mass is 19.4. The van der Waals surface area contributed by atoms with Crippen molar-refractivity contribution in [3.63, 3.8) is 0 Å². The quantitative estimate of drug-likeness (QED) is 0.311. The number of halogens is 7. The van der Waals surface area contributed by atoms with Crippen molar-refractivity contribution in [1.82, 2.24) is 24.5 Å². The highest BCUT2D eigenvalue weighted by molar-refractivity contribution is 5.95. The van der Waals surface area contributed by atoms with Gasteiger partial charge >= 0.3 is 24.2 Å². The summed E-state index contributed by atoms with van der Waals surface area (Å²) in [7, 11) is 0. The third-order valence-corrected chi connectivity index (χ3v) is 6.50. The van der Waals surface area contributed by atoms with E-state index in [-0.39, 0.29) is 55.3 Å². The van der Waals surface area contributed by atoms with E-state index in [2.05, 4.69) is 15.2 Å². The molecule has 1 aliphatic rings. The van der Waals surface area contributed by atoms with Crippen molar-refractivity contribution in [3.05, 3.63) is 66.2 Å². The summed E-state index contributed by atoms with van der Waals surface area (Å²) in [5, 5.41) is 6.42. The lowest BCUT2D eigenvalue weighted by Gasteiger charge is -2.34. The molecule has 4 heterocycles. The molecule has 4 aromatic rings. The summed E-state index contributed by atoms with van der Waals surface area (Å²) < 4.78 is 97.2. The second kappa shape index (κ2) is 10.5. The van der Waals surface area contributed by atoms with Crippen molar-refractivity contribution in [2.45, 2.75) is 31.7 Å². The van der Waals surface area contributed by atoms with Crippen molar-refractivity contribution in [1.29, 1.82) is 0 Å². The normalized spacial score (nSPS) is 15.0. The number of nitrogens with zero attached hydrogens (tertiary/aromatic N) is 6. The number of alkyl halides is 6. The third kappa shape index (κ3) is 6.00. The van der Waals surface area contributed by atoms with Gasteiger partial charge in [-0.3, -0.25) is 9.59 Å². The molecular formula is C25H19F7N6O3. The van der Waals surface area contributed by atoms with Gasteiger partial charge in [0, 0.05) is 42.7 Å². The predicted octanol–water partition coefficient (Wildman–Crippen LogP) is 4.88. The summed E-state index contributed by atoms with van der Waals surface area (Å²) >= 11 is 0. The maximum absolute atomic E-state index is 14.1. The molecule has 9 nitrogen and oxygen atoms in total. The molecule has 0 aliphatic carbocycles. The van der Waals surface area contributed by atoms with Crippen molar-refractivity contribution in [3.8, 4) is 11.5 Å². The van der Waals surface area contributed by atoms with Crippen LogP contribution in [-0.4, -0.2) is 55.6 Å². The second-order valence-electron chi connectivity index (χ2n) is 9.29. The number of amides is 2. The molecule has 1 saturated heterocycles. The monoisotopic (exact) mass is 584 g/mol. The topological polar surface area (TPSA) is 96.8 Å². The van der Waals surface area contributed by atoms with Crippen LogP contribution in [0.15, 0.2) is 53.2 Å². The Labute approximate surface area is 226 Å². The van der Waals surface area contributed by atoms with Gasteiger partial charge in [0.15, 0.2) is 0 Å². The van der Waals surface area contributed by atoms with Gasteiger partial charge in [-0.25, -0.2) is 9.37 Å². The molecule has 216 valence electrons. The minimum absolute atomic E-state index is 0.0227. The van der Waals surface area contributed by atoms with E-state index in [0.29, 0.717) is 10.6 Å². The fourth-order valence-corrected chi connectivity index (χ4v) is 4.53. The molecule has 0 spiro atoms. The largest absolute Gasteiger partial charge is 0.471 e. The Balaban J connectivity index is 1.38. The van der Waals surface area contributed by atoms with Crippen LogP contribution in [0.5, 0.6) is 0 Å². The fourth-order valence-electron chi connectivity index (χ4n) is 4.53. The molecule has 0 radical (unpaired) electrons. The van der Waals surface area contributed by atoms with Gasteiger partial charge in [0.2, 0.25) is 11.8 Å². The van der Waals surface area contributed by atoms with Crippen molar-refractivity contribution < 1.29 is 44.7 Å². The summed E-state index contributed by atoms with van der Waals surface area (Å²) in [5.41, 5.74) is 0.948. The SMILES string of the molecule is O=C(C1CCN(C(=O)C(F)(F)F)CC1)N(Cc1cn2ccc(-c3nnc(C(F)(F)F)o3)cc2n1)c1cccc(F)c1. The number of carbonyl (C=O) groups excluding carboxylic acids is 2. The maximum atomic E-state index is 14.1. The molecule has 1 aliphatic heterocycles. The average molecular weight is 584 g/mol. The summed E-state index contributed by atoms with van der Waals surface area (Å²) in [6, 6.07) is 8.02. The van der Waals surface area contributed by atoms with Crippen LogP contribution < -0.4 is 4.90 Å². The number of benzene rings is 1. The first-order chi connectivity index (χ1) is 19.3. The first-order valence-electron chi connectivity index (χ1n) is 12.1. The van der Waals surface area contributed by atoms with Crippen LogP contribution in [0.4, 0.5) is 36.4 Å². The number of hydrogen-bond donors (Lipinski definition) is 0. The molecule has 3 aromatic heterocycles. The lowest BCUT2D eigenvalue weighted by Crippen LogP contribution is -2.48. The van der Waals surface area contributed by atoms with E-state index in [1.807, 2.05) is 0 Å². The number of piperidine rings is 1. The van der Waals surface area contributed by atoms with Crippen molar-refractivity contribution in [2.24, 2.45) is 5.92 Å². The van der Waals surface area contributed by atoms with Gasteiger partial charge in [0.1, 0.15) is 11.5 Å². The van der Waals surface area contributed by atoms with Crippen molar-refractivity contribution >= 4 is 23.1 Å². The molecule has 0 saturated carbocycles. The molecule has 0 unspecified atom stereocenters. The van der Waals surface area contributed by atoms with Crippen LogP contribution in [0, 0.1) is 11.7 Å². The molecule has 0 N–H and O–H groups in total. The van der Waals surface area contributed by atoms with Crippen LogP contribution >= 0.6 is 0 Å². The molecule has 0 atom stereocenters. The van der Waals surface area contributed by atoms with Crippen LogP contribution in [-0.2, 0) is 22.3 Å². The van der Waals surface area contributed by atoms with E-state index in [1.54, 1.807) is 6.20 Å². The minimum atomic E-state index is -5.02. The maximum Gasteiger partial charge on any atom is 0.471 e. The van der Waals surface area contributed by atoms with Crippen molar-refractivity contribution in [2.75, 3.05) is 18.0 Å². The second-order valence-corrected chi connectivity index (χ2v) is 9.29. The molecular weight excluding hydrogens is 565 g/mol. The number of anilines is 1. The molecule has 2 amide bonds. The number of rotatable bonds is 5. The van der Waals surface area contributed by atoms with Gasteiger partial charge in [0.05, 0.1) is 12.2 Å². The average Bonchev–Trinajstić information content (AvgIpc) is 3.57. The summed E-state index contributed by atoms with van der Waals surface area (Å²) in [6.07, 6.45) is -6.83. The Bertz CT molecular complexity index is 1590. The number of hydrogen-bond acceptors (Lipinski definition) is 6. The number of carbonyl (C=O) groups is 2. The lowest BCUT2D eigenvalue weighted by molar-refractivity contribution is -0.186. The molecule has 16 heteroatoms. The Morgan fingerprint density at radius 2 is 1.76 bits per heavy atom. The van der Waals surface area contributed by atoms with Gasteiger partial charge in [-0.05, 0) is 43.2 Å². The van der Waals surface area contributed by atoms with Crippen LogP contribution in [0.1, 0.15) is 24.4 Å². The first-order valence-corrected chi connectivity index (χ1v) is 12.1. The van der Waals surface area contributed by atoms with E-state index in [4.69, 9.17) is 4.42 Å². The first kappa shape index (κ1) is 28.0. The van der Waals surface area contributed by atoms with Gasteiger partial charge in [-0.15, -0.1) is 10.2 Å². The van der Waals surface area contributed by atoms with E-state index in [1.165, 1.54) is 45.8 Å². The zero-order valence-corrected chi connectivity index (χ0v) is 20.8. The number of imidazole rings is 1. The van der Waals surface area contributed by atoms with E-state index < -0.39 is 41.8 Å². The molecule has 1 aromatic carbocycles. The van der Waals surface area contributed by atoms with E-state index in [0.717, 1.165) is 6.07 Å². The highest BCUT2D eigenvalue weighted by Gasteiger charge is 2.44.